The SMILES string of the molecule is Cc1cc(OC(F)(F)F)cc([N+](=O)[O-])c1NC(N)=S. The molecule has 0 aliphatic carbocycles. The molecule has 0 aromatic heterocycles. The average molecular weight is 295 g/mol. The number of nitrogens with zero attached hydrogens (tertiary/aromatic N) is 1. The number of nitro benzene ring substituents is 1. The number of hydrogen-bond acceptors (Lipinski definition) is 4. The summed E-state index contributed by atoms with van der Waals surface area (Å²) in [4.78, 5) is 9.95. The van der Waals surface area contributed by atoms with Gasteiger partial charge in [0.15, 0.2) is 5.11 Å². The zero-order valence-electron chi connectivity index (χ0n) is 9.45. The summed E-state index contributed by atoms with van der Waals surface area (Å²) in [6.45, 7) is 1.36. The topological polar surface area (TPSA) is 90.4 Å². The number of alkyl halides is 3. The van der Waals surface area contributed by atoms with E-state index >= 15 is 0 Å². The number of rotatable bonds is 3. The first kappa shape index (κ1) is 15.0. The van der Waals surface area contributed by atoms with Crippen LogP contribution in [-0.4, -0.2) is 16.4 Å². The van der Waals surface area contributed by atoms with Crippen LogP contribution >= 0.6 is 12.2 Å². The lowest BCUT2D eigenvalue weighted by molar-refractivity contribution is -0.384. The van der Waals surface area contributed by atoms with Gasteiger partial charge >= 0.3 is 6.36 Å². The predicted molar refractivity (Wildman–Crippen MR) is 64.9 cm³/mol. The lowest BCUT2D eigenvalue weighted by Gasteiger charge is -2.13. The third-order valence-electron chi connectivity index (χ3n) is 1.97. The van der Waals surface area contributed by atoms with E-state index in [0.29, 0.717) is 6.07 Å². The number of thiocarbonyl (C=S) groups is 1. The number of halogens is 3. The molecule has 0 unspecified atom stereocenters. The number of benzene rings is 1. The van der Waals surface area contributed by atoms with E-state index in [2.05, 4.69) is 22.3 Å². The Morgan fingerprint density at radius 3 is 2.53 bits per heavy atom. The van der Waals surface area contributed by atoms with Gasteiger partial charge in [-0.15, -0.1) is 13.2 Å². The van der Waals surface area contributed by atoms with Crippen LogP contribution in [0.3, 0.4) is 0 Å². The smallest absolute Gasteiger partial charge is 0.406 e. The van der Waals surface area contributed by atoms with E-state index in [4.69, 9.17) is 5.73 Å². The fraction of sp³-hybridized carbons (Fsp3) is 0.222. The molecule has 0 aliphatic rings. The molecule has 0 saturated carbocycles. The van der Waals surface area contributed by atoms with Crippen molar-refractivity contribution in [2.45, 2.75) is 13.3 Å². The molecule has 0 atom stereocenters. The normalized spacial score (nSPS) is 10.9. The van der Waals surface area contributed by atoms with Crippen LogP contribution < -0.4 is 15.8 Å². The number of anilines is 1. The van der Waals surface area contributed by atoms with Crippen LogP contribution in [0.2, 0.25) is 0 Å². The van der Waals surface area contributed by atoms with Crippen molar-refractivity contribution in [2.75, 3.05) is 5.32 Å². The van der Waals surface area contributed by atoms with Gasteiger partial charge in [0.1, 0.15) is 11.4 Å². The van der Waals surface area contributed by atoms with Gasteiger partial charge in [-0.05, 0) is 30.8 Å². The molecule has 19 heavy (non-hydrogen) atoms. The van der Waals surface area contributed by atoms with Crippen LogP contribution in [0.4, 0.5) is 24.5 Å². The molecule has 1 aromatic carbocycles. The highest BCUT2D eigenvalue weighted by Crippen LogP contribution is 2.35. The van der Waals surface area contributed by atoms with Gasteiger partial charge in [-0.3, -0.25) is 10.1 Å². The van der Waals surface area contributed by atoms with Crippen LogP contribution in [0.5, 0.6) is 5.75 Å². The number of nitrogens with two attached hydrogens (primary N) is 1. The molecule has 104 valence electrons. The molecule has 10 heteroatoms. The third kappa shape index (κ3) is 4.25. The van der Waals surface area contributed by atoms with E-state index in [-0.39, 0.29) is 16.4 Å². The Morgan fingerprint density at radius 1 is 1.53 bits per heavy atom. The number of nitro groups is 1. The summed E-state index contributed by atoms with van der Waals surface area (Å²) >= 11 is 4.54. The highest BCUT2D eigenvalue weighted by atomic mass is 32.1. The van der Waals surface area contributed by atoms with Crippen molar-refractivity contribution in [1.29, 1.82) is 0 Å². The first-order chi connectivity index (χ1) is 8.60. The number of nitrogens with one attached hydrogen (secondary N) is 1. The Hall–Kier alpha value is -2.10. The molecule has 3 N–H and O–H groups in total. The van der Waals surface area contributed by atoms with Gasteiger partial charge in [0.05, 0.1) is 11.0 Å². The van der Waals surface area contributed by atoms with Gasteiger partial charge in [-0.1, -0.05) is 0 Å². The van der Waals surface area contributed by atoms with Crippen LogP contribution in [0.1, 0.15) is 5.56 Å². The zero-order valence-corrected chi connectivity index (χ0v) is 10.3. The summed E-state index contributed by atoms with van der Waals surface area (Å²) in [6.07, 6.45) is -4.93. The summed E-state index contributed by atoms with van der Waals surface area (Å²) in [5.74, 6) is -0.690. The molecule has 0 radical (unpaired) electrons. The maximum Gasteiger partial charge on any atom is 0.573 e. The molecule has 0 saturated heterocycles. The molecule has 0 amide bonds. The van der Waals surface area contributed by atoms with Crippen molar-refractivity contribution in [3.8, 4) is 5.75 Å². The first-order valence-corrected chi connectivity index (χ1v) is 5.12. The maximum atomic E-state index is 12.1. The molecule has 0 bridgehead atoms. The maximum absolute atomic E-state index is 12.1. The van der Waals surface area contributed by atoms with E-state index in [0.717, 1.165) is 6.07 Å². The molecule has 1 aromatic rings. The fourth-order valence-electron chi connectivity index (χ4n) is 1.36. The summed E-state index contributed by atoms with van der Waals surface area (Å²) in [6, 6.07) is 1.63. The van der Waals surface area contributed by atoms with Gasteiger partial charge in [-0.2, -0.15) is 0 Å². The van der Waals surface area contributed by atoms with Crippen molar-refractivity contribution < 1.29 is 22.8 Å². The van der Waals surface area contributed by atoms with Gasteiger partial charge in [0.2, 0.25) is 0 Å². The fourth-order valence-corrected chi connectivity index (χ4v) is 1.46. The van der Waals surface area contributed by atoms with E-state index in [1.165, 1.54) is 6.92 Å². The molecular weight excluding hydrogens is 287 g/mol. The standard InChI is InChI=1S/C9H8F3N3O3S/c1-4-2-5(18-9(10,11)12)3-6(15(16)17)7(4)14-8(13)19/h2-3H,1H3,(H3,13,14,19). The Balaban J connectivity index is 3.29. The summed E-state index contributed by atoms with van der Waals surface area (Å²) in [5, 5.41) is 12.9. The monoisotopic (exact) mass is 295 g/mol. The quantitative estimate of drug-likeness (QED) is 0.505. The molecule has 6 nitrogen and oxygen atoms in total. The van der Waals surface area contributed by atoms with Crippen molar-refractivity contribution in [2.24, 2.45) is 5.73 Å². The van der Waals surface area contributed by atoms with Crippen molar-refractivity contribution in [3.05, 3.63) is 27.8 Å². The number of aryl methyl sites for hydroxylation is 1. The predicted octanol–water partition coefficient (Wildman–Crippen LogP) is 2.46. The second-order valence-electron chi connectivity index (χ2n) is 3.43. The second-order valence-corrected chi connectivity index (χ2v) is 3.87. The Kier molecular flexibility index (Phi) is 4.14. The lowest BCUT2D eigenvalue weighted by Crippen LogP contribution is -2.21. The van der Waals surface area contributed by atoms with Gasteiger partial charge in [0, 0.05) is 0 Å². The van der Waals surface area contributed by atoms with E-state index in [1.807, 2.05) is 0 Å². The largest absolute Gasteiger partial charge is 0.573 e. The van der Waals surface area contributed by atoms with E-state index < -0.39 is 22.7 Å². The lowest BCUT2D eigenvalue weighted by atomic mass is 10.1. The number of ether oxygens (including phenoxy) is 1. The van der Waals surface area contributed by atoms with Gasteiger partial charge < -0.3 is 15.8 Å². The van der Waals surface area contributed by atoms with Crippen molar-refractivity contribution in [1.82, 2.24) is 0 Å². The molecule has 0 fully saturated rings. The van der Waals surface area contributed by atoms with E-state index in [1.54, 1.807) is 0 Å². The molecular formula is C9H8F3N3O3S. The Morgan fingerprint density at radius 2 is 2.11 bits per heavy atom. The van der Waals surface area contributed by atoms with Crippen LogP contribution in [0.25, 0.3) is 0 Å². The van der Waals surface area contributed by atoms with Crippen LogP contribution in [0, 0.1) is 17.0 Å². The first-order valence-electron chi connectivity index (χ1n) is 4.71. The highest BCUT2D eigenvalue weighted by Gasteiger charge is 2.32. The van der Waals surface area contributed by atoms with Crippen molar-refractivity contribution in [3.63, 3.8) is 0 Å². The van der Waals surface area contributed by atoms with Gasteiger partial charge in [-0.25, -0.2) is 0 Å². The van der Waals surface area contributed by atoms with E-state index in [9.17, 15) is 23.3 Å². The molecule has 0 spiro atoms. The van der Waals surface area contributed by atoms with Crippen molar-refractivity contribution >= 4 is 28.7 Å². The minimum atomic E-state index is -4.93. The minimum Gasteiger partial charge on any atom is -0.406 e. The number of hydrogen-bond donors (Lipinski definition) is 2. The second kappa shape index (κ2) is 5.26. The third-order valence-corrected chi connectivity index (χ3v) is 2.07. The van der Waals surface area contributed by atoms with Gasteiger partial charge in [0.25, 0.3) is 5.69 Å². The molecule has 1 rings (SSSR count). The Labute approximate surface area is 110 Å². The van der Waals surface area contributed by atoms with Crippen LogP contribution in [0.15, 0.2) is 12.1 Å². The van der Waals surface area contributed by atoms with Crippen LogP contribution in [-0.2, 0) is 0 Å². The Bertz CT molecular complexity index is 533. The highest BCUT2D eigenvalue weighted by molar-refractivity contribution is 7.80. The molecule has 0 heterocycles. The zero-order chi connectivity index (χ0) is 14.8. The summed E-state index contributed by atoms with van der Waals surface area (Å²) < 4.78 is 39.8. The summed E-state index contributed by atoms with van der Waals surface area (Å²) in [5.41, 5.74) is 4.63. The molecule has 0 aliphatic heterocycles. The summed E-state index contributed by atoms with van der Waals surface area (Å²) in [7, 11) is 0. The average Bonchev–Trinajstić information content (AvgIpc) is 2.18. The minimum absolute atomic E-state index is 0.0768.